The highest BCUT2D eigenvalue weighted by molar-refractivity contribution is 7.86. The van der Waals surface area contributed by atoms with Crippen LogP contribution in [0.15, 0.2) is 18.5 Å². The van der Waals surface area contributed by atoms with Crippen molar-refractivity contribution in [2.75, 3.05) is 0 Å². The second-order valence-electron chi connectivity index (χ2n) is 3.29. The first-order valence-corrected chi connectivity index (χ1v) is 6.29. The summed E-state index contributed by atoms with van der Waals surface area (Å²) < 4.78 is 63.3. The number of alkyl halides is 3. The van der Waals surface area contributed by atoms with Gasteiger partial charge in [-0.05, 0) is 0 Å². The minimum atomic E-state index is -6.09. The third-order valence-corrected chi connectivity index (χ3v) is 2.82. The Labute approximate surface area is 101 Å². The third-order valence-electron chi connectivity index (χ3n) is 1.93. The second-order valence-corrected chi connectivity index (χ2v) is 5.39. The van der Waals surface area contributed by atoms with Gasteiger partial charge in [0.25, 0.3) is 0 Å². The fraction of sp³-hybridized carbons (Fsp3) is 0.571. The summed E-state index contributed by atoms with van der Waals surface area (Å²) in [7, 11) is -6.09. The van der Waals surface area contributed by atoms with Gasteiger partial charge in [-0.25, -0.2) is 8.42 Å². The molecule has 0 bridgehead atoms. The van der Waals surface area contributed by atoms with E-state index >= 15 is 0 Å². The van der Waals surface area contributed by atoms with E-state index in [0.717, 1.165) is 13.1 Å². The summed E-state index contributed by atoms with van der Waals surface area (Å²) in [5, 5.41) is 0.520. The van der Waals surface area contributed by atoms with Crippen LogP contribution in [0.3, 0.4) is 0 Å². The molecule has 0 spiro atoms. The van der Waals surface area contributed by atoms with Crippen LogP contribution in [0.1, 0.15) is 0 Å². The van der Waals surface area contributed by atoms with Crippen LogP contribution in [0.25, 0.3) is 0 Å². The molecule has 0 unspecified atom stereocenters. The zero-order valence-electron chi connectivity index (χ0n) is 8.33. The Morgan fingerprint density at radius 2 is 2.00 bits per heavy atom. The van der Waals surface area contributed by atoms with Crippen LogP contribution in [-0.4, -0.2) is 28.4 Å². The van der Waals surface area contributed by atoms with Gasteiger partial charge in [-0.2, -0.15) is 30.5 Å². The van der Waals surface area contributed by atoms with Crippen LogP contribution in [-0.2, 0) is 23.2 Å². The first-order valence-electron chi connectivity index (χ1n) is 4.36. The molecule has 0 aromatic carbocycles. The molecule has 0 amide bonds. The maximum atomic E-state index is 10.7. The van der Waals surface area contributed by atoms with E-state index in [2.05, 4.69) is 40.5 Å². The van der Waals surface area contributed by atoms with Crippen LogP contribution in [0.4, 0.5) is 13.2 Å². The molecular weight excluding hydrogens is 281 g/mol. The average Bonchev–Trinajstić information content (AvgIpc) is 2.60. The molecule has 1 aromatic rings. The molecule has 1 aliphatic heterocycles. The van der Waals surface area contributed by atoms with Gasteiger partial charge in [-0.1, -0.05) is 0 Å². The number of hydrogen-bond acceptors (Lipinski definition) is 4. The molecule has 0 saturated carbocycles. The quantitative estimate of drug-likeness (QED) is 0.320. The molecule has 0 N–H and O–H groups in total. The van der Waals surface area contributed by atoms with Crippen LogP contribution in [0.5, 0.6) is 0 Å². The van der Waals surface area contributed by atoms with E-state index in [4.69, 9.17) is 13.0 Å². The van der Waals surface area contributed by atoms with Crippen LogP contribution < -0.4 is 4.68 Å². The molecule has 0 aliphatic carbocycles. The van der Waals surface area contributed by atoms with E-state index in [9.17, 15) is 13.2 Å². The fourth-order valence-corrected chi connectivity index (χ4v) is 1.56. The topological polar surface area (TPSA) is 66.0 Å². The smallest absolute Gasteiger partial charge is 0.485 e. The Balaban J connectivity index is 0.000000172. The minimum absolute atomic E-state index is 0.520. The molecule has 5 nitrogen and oxygen atoms in total. The number of hydrogen-bond donors (Lipinski definition) is 1. The average molecular weight is 290 g/mol. The number of aromatic nitrogens is 2. The molecule has 1 aliphatic rings. The summed E-state index contributed by atoms with van der Waals surface area (Å²) in [5.41, 5.74) is -5.65. The van der Waals surface area contributed by atoms with Crippen molar-refractivity contribution >= 4 is 22.7 Å². The zero-order chi connectivity index (χ0) is 13.3. The molecule has 0 radical (unpaired) electrons. The third kappa shape index (κ3) is 3.89. The molecule has 0 fully saturated rings. The molecule has 0 saturated heterocycles. The predicted molar refractivity (Wildman–Crippen MR) is 53.2 cm³/mol. The van der Waals surface area contributed by atoms with Crippen molar-refractivity contribution in [1.29, 1.82) is 0 Å². The van der Waals surface area contributed by atoms with E-state index in [1.807, 2.05) is 0 Å². The lowest BCUT2D eigenvalue weighted by molar-refractivity contribution is -0.757. The van der Waals surface area contributed by atoms with Gasteiger partial charge in [0.2, 0.25) is 0 Å². The standard InChI is InChI=1S/C6H8N2S.CHF3O3S/c9-6-4-7-2-1-3-8(7)5-6;2-1(3,4)8(5,6)7/h1-3,6H,4-5H2;(H,5,6,7). The Hall–Kier alpha value is -0.740. The van der Waals surface area contributed by atoms with E-state index in [0.29, 0.717) is 5.25 Å². The predicted octanol–water partition coefficient (Wildman–Crippen LogP) is 0.139. The molecule has 10 heteroatoms. The van der Waals surface area contributed by atoms with Crippen LogP contribution in [0.2, 0.25) is 0 Å². The van der Waals surface area contributed by atoms with Crippen molar-refractivity contribution in [2.45, 2.75) is 23.8 Å². The van der Waals surface area contributed by atoms with Gasteiger partial charge in [0.1, 0.15) is 0 Å². The summed E-state index contributed by atoms with van der Waals surface area (Å²) in [5.74, 6) is 0. The molecule has 98 valence electrons. The van der Waals surface area contributed by atoms with Gasteiger partial charge >= 0.3 is 5.51 Å². The van der Waals surface area contributed by atoms with Crippen LogP contribution >= 0.6 is 12.6 Å². The van der Waals surface area contributed by atoms with E-state index in [1.54, 1.807) is 0 Å². The maximum absolute atomic E-state index is 10.7. The largest absolute Gasteiger partial charge is 0.741 e. The highest BCUT2D eigenvalue weighted by Crippen LogP contribution is 2.20. The number of halogens is 3. The van der Waals surface area contributed by atoms with Crippen molar-refractivity contribution in [3.05, 3.63) is 18.5 Å². The minimum Gasteiger partial charge on any atom is -0.741 e. The molecule has 17 heavy (non-hydrogen) atoms. The van der Waals surface area contributed by atoms with Gasteiger partial charge in [-0.15, -0.1) is 4.68 Å². The summed E-state index contributed by atoms with van der Waals surface area (Å²) in [6, 6.07) is 2.06. The Morgan fingerprint density at radius 1 is 1.47 bits per heavy atom. The summed E-state index contributed by atoms with van der Waals surface area (Å²) in [4.78, 5) is 0. The van der Waals surface area contributed by atoms with Crippen molar-refractivity contribution in [2.24, 2.45) is 0 Å². The van der Waals surface area contributed by atoms with Gasteiger partial charge in [0.15, 0.2) is 22.9 Å². The second kappa shape index (κ2) is 4.86. The SMILES string of the molecule is O=S(=O)([O-])C(F)(F)F.SC1Cn2ccc[n+]2C1. The van der Waals surface area contributed by atoms with E-state index in [-0.39, 0.29) is 0 Å². The summed E-state index contributed by atoms with van der Waals surface area (Å²) >= 11 is 4.36. The zero-order valence-corrected chi connectivity index (χ0v) is 10.0. The number of nitrogens with zero attached hydrogens (tertiary/aromatic N) is 2. The Morgan fingerprint density at radius 3 is 2.41 bits per heavy atom. The van der Waals surface area contributed by atoms with Gasteiger partial charge in [0, 0.05) is 6.07 Å². The maximum Gasteiger partial charge on any atom is 0.485 e. The van der Waals surface area contributed by atoms with E-state index < -0.39 is 15.6 Å². The molecule has 2 heterocycles. The van der Waals surface area contributed by atoms with Gasteiger partial charge in [0.05, 0.1) is 18.0 Å². The summed E-state index contributed by atoms with van der Waals surface area (Å²) in [6.07, 6.45) is 4.16. The monoisotopic (exact) mass is 290 g/mol. The molecule has 2 rings (SSSR count). The lowest BCUT2D eigenvalue weighted by Gasteiger charge is -2.08. The van der Waals surface area contributed by atoms with Crippen LogP contribution in [0, 0.1) is 0 Å². The first-order chi connectivity index (χ1) is 7.61. The van der Waals surface area contributed by atoms with Gasteiger partial charge < -0.3 is 4.55 Å². The highest BCUT2D eigenvalue weighted by Gasteiger charge is 2.36. The number of fused-ring (bicyclic) bond motifs is 1. The van der Waals surface area contributed by atoms with Crippen molar-refractivity contribution < 1.29 is 30.8 Å². The number of thiol groups is 1. The Bertz CT molecular complexity index is 462. The fourth-order valence-electron chi connectivity index (χ4n) is 1.23. The normalized spacial score (nSPS) is 19.5. The lowest BCUT2D eigenvalue weighted by atomic mass is 10.4. The van der Waals surface area contributed by atoms with Gasteiger partial charge in [-0.3, -0.25) is 0 Å². The Kier molecular flexibility index (Phi) is 4.10. The first kappa shape index (κ1) is 14.3. The van der Waals surface area contributed by atoms with E-state index in [1.165, 1.54) is 0 Å². The molecule has 1 aromatic heterocycles. The molecule has 0 atom stereocenters. The highest BCUT2D eigenvalue weighted by atomic mass is 32.2. The lowest BCUT2D eigenvalue weighted by Crippen LogP contribution is -2.36. The number of rotatable bonds is 0. The van der Waals surface area contributed by atoms with Crippen molar-refractivity contribution in [1.82, 2.24) is 4.68 Å². The summed E-state index contributed by atoms with van der Waals surface area (Å²) in [6.45, 7) is 2.10. The molecular formula is C7H9F3N2O3S2. The van der Waals surface area contributed by atoms with Crippen molar-refractivity contribution in [3.63, 3.8) is 0 Å². The van der Waals surface area contributed by atoms with Crippen molar-refractivity contribution in [3.8, 4) is 0 Å².